The van der Waals surface area contributed by atoms with Gasteiger partial charge in [0.2, 0.25) is 0 Å². The van der Waals surface area contributed by atoms with Crippen molar-refractivity contribution in [3.63, 3.8) is 0 Å². The van der Waals surface area contributed by atoms with Gasteiger partial charge in [-0.1, -0.05) is 18.7 Å². The Hall–Kier alpha value is -2.26. The lowest BCUT2D eigenvalue weighted by molar-refractivity contribution is -0.157. The van der Waals surface area contributed by atoms with Crippen LogP contribution in [0.1, 0.15) is 32.1 Å². The van der Waals surface area contributed by atoms with Gasteiger partial charge in [0.25, 0.3) is 5.76 Å². The second kappa shape index (κ2) is 8.83. The number of fused-ring (bicyclic) bond motifs is 4. The van der Waals surface area contributed by atoms with Gasteiger partial charge in [0.1, 0.15) is 12.7 Å². The zero-order chi connectivity index (χ0) is 23.3. The molecule has 33 heavy (non-hydrogen) atoms. The molecule has 0 aromatic rings. The van der Waals surface area contributed by atoms with E-state index in [-0.39, 0.29) is 11.8 Å². The molecular weight excluding hydrogens is 448 g/mol. The molecule has 0 aromatic heterocycles. The summed E-state index contributed by atoms with van der Waals surface area (Å²) in [7, 11) is 0. The van der Waals surface area contributed by atoms with Crippen LogP contribution >= 0.6 is 11.8 Å². The number of carbonyl (C=O) groups is 3. The SMILES string of the molecule is C=CC(=O)OC[C@H](O)[C@H]1OC(=O)C(OC(=O)C2CC3CC2CC3SC2CC3C=CC2C3)=C1O. The normalized spacial score (nSPS) is 39.1. The lowest BCUT2D eigenvalue weighted by atomic mass is 9.88. The molecule has 0 amide bonds. The molecule has 5 aliphatic rings. The first-order chi connectivity index (χ1) is 15.8. The summed E-state index contributed by atoms with van der Waals surface area (Å²) in [5.74, 6) is -1.78. The highest BCUT2D eigenvalue weighted by Gasteiger charge is 2.52. The maximum absolute atomic E-state index is 12.8. The lowest BCUT2D eigenvalue weighted by Crippen LogP contribution is -2.33. The molecule has 0 spiro atoms. The van der Waals surface area contributed by atoms with Gasteiger partial charge in [-0.3, -0.25) is 4.79 Å². The number of aliphatic hydroxyl groups excluding tert-OH is 2. The van der Waals surface area contributed by atoms with Crippen molar-refractivity contribution in [1.82, 2.24) is 0 Å². The molecule has 2 N–H and O–H groups in total. The molecule has 178 valence electrons. The summed E-state index contributed by atoms with van der Waals surface area (Å²) in [6, 6.07) is 0. The van der Waals surface area contributed by atoms with E-state index in [4.69, 9.17) is 14.2 Å². The van der Waals surface area contributed by atoms with Gasteiger partial charge in [-0.15, -0.1) is 0 Å². The number of ether oxygens (including phenoxy) is 3. The molecule has 4 bridgehead atoms. The molecule has 9 atom stereocenters. The van der Waals surface area contributed by atoms with E-state index in [1.54, 1.807) is 0 Å². The number of esters is 3. The van der Waals surface area contributed by atoms with Crippen molar-refractivity contribution < 1.29 is 38.8 Å². The summed E-state index contributed by atoms with van der Waals surface area (Å²) >= 11 is 2.10. The molecule has 9 heteroatoms. The van der Waals surface area contributed by atoms with E-state index < -0.39 is 48.2 Å². The highest BCUT2D eigenvalue weighted by Crippen LogP contribution is 2.56. The third kappa shape index (κ3) is 4.21. The van der Waals surface area contributed by atoms with E-state index in [0.29, 0.717) is 22.3 Å². The summed E-state index contributed by atoms with van der Waals surface area (Å²) in [4.78, 5) is 36.1. The van der Waals surface area contributed by atoms with Crippen LogP contribution in [0.5, 0.6) is 0 Å². The molecule has 7 unspecified atom stereocenters. The Morgan fingerprint density at radius 2 is 2.00 bits per heavy atom. The number of aliphatic hydroxyl groups is 2. The first-order valence-corrected chi connectivity index (χ1v) is 12.4. The quantitative estimate of drug-likeness (QED) is 0.236. The highest BCUT2D eigenvalue weighted by atomic mass is 32.2. The Balaban J connectivity index is 1.15. The Morgan fingerprint density at radius 1 is 1.18 bits per heavy atom. The van der Waals surface area contributed by atoms with Crippen LogP contribution < -0.4 is 0 Å². The van der Waals surface area contributed by atoms with Crippen molar-refractivity contribution in [3.8, 4) is 0 Å². The molecule has 3 fully saturated rings. The molecule has 0 aromatic carbocycles. The van der Waals surface area contributed by atoms with Crippen LogP contribution in [0.4, 0.5) is 0 Å². The highest BCUT2D eigenvalue weighted by molar-refractivity contribution is 8.00. The van der Waals surface area contributed by atoms with Crippen molar-refractivity contribution in [3.05, 3.63) is 36.3 Å². The van der Waals surface area contributed by atoms with Gasteiger partial charge in [0.05, 0.1) is 5.92 Å². The molecule has 1 heterocycles. The Labute approximate surface area is 196 Å². The number of cyclic esters (lactones) is 1. The second-order valence-electron chi connectivity index (χ2n) is 9.69. The Morgan fingerprint density at radius 3 is 2.64 bits per heavy atom. The third-order valence-electron chi connectivity index (χ3n) is 7.70. The zero-order valence-electron chi connectivity index (χ0n) is 18.1. The van der Waals surface area contributed by atoms with E-state index in [2.05, 4.69) is 30.5 Å². The van der Waals surface area contributed by atoms with Gasteiger partial charge in [-0.2, -0.15) is 11.8 Å². The summed E-state index contributed by atoms with van der Waals surface area (Å²) in [5.41, 5.74) is 0. The van der Waals surface area contributed by atoms with Crippen LogP contribution in [0.25, 0.3) is 0 Å². The van der Waals surface area contributed by atoms with Crippen molar-refractivity contribution >= 4 is 29.7 Å². The van der Waals surface area contributed by atoms with Crippen LogP contribution in [-0.4, -0.2) is 57.4 Å². The van der Waals surface area contributed by atoms with E-state index in [0.717, 1.165) is 31.3 Å². The van der Waals surface area contributed by atoms with Crippen molar-refractivity contribution in [2.45, 2.75) is 54.8 Å². The van der Waals surface area contributed by atoms with Gasteiger partial charge >= 0.3 is 17.9 Å². The van der Waals surface area contributed by atoms with Gasteiger partial charge in [0, 0.05) is 16.6 Å². The maximum atomic E-state index is 12.8. The van der Waals surface area contributed by atoms with Crippen LogP contribution in [-0.2, 0) is 28.6 Å². The smallest absolute Gasteiger partial charge is 0.378 e. The van der Waals surface area contributed by atoms with Gasteiger partial charge < -0.3 is 24.4 Å². The van der Waals surface area contributed by atoms with Crippen LogP contribution in [0.3, 0.4) is 0 Å². The average Bonchev–Trinajstić information content (AvgIpc) is 3.62. The fraction of sp³-hybridized carbons (Fsp3) is 0.625. The van der Waals surface area contributed by atoms with Crippen molar-refractivity contribution in [2.75, 3.05) is 6.61 Å². The van der Waals surface area contributed by atoms with Gasteiger partial charge in [-0.05, 0) is 55.8 Å². The van der Waals surface area contributed by atoms with E-state index in [9.17, 15) is 24.6 Å². The number of allylic oxidation sites excluding steroid dienone is 2. The predicted molar refractivity (Wildman–Crippen MR) is 118 cm³/mol. The molecule has 3 saturated carbocycles. The third-order valence-corrected chi connectivity index (χ3v) is 9.52. The van der Waals surface area contributed by atoms with E-state index in [1.165, 1.54) is 12.8 Å². The number of hydrogen-bond donors (Lipinski definition) is 2. The first kappa shape index (κ1) is 22.5. The summed E-state index contributed by atoms with van der Waals surface area (Å²) in [6.07, 6.45) is 7.91. The van der Waals surface area contributed by atoms with Crippen molar-refractivity contribution in [1.29, 1.82) is 0 Å². The average molecular weight is 477 g/mol. The minimum atomic E-state index is -1.50. The standard InChI is InChI=1S/C24H28O8S/c1-2-19(26)30-10-16(25)21-20(27)22(24(29)31-21)32-23(28)15-8-14-7-13(15)9-18(14)33-17-6-11-3-4-12(17)5-11/h2-4,11-18,21,25,27H,1,5-10H2/t11?,12?,13?,14?,15?,16-,17?,18?,21+/m0/s1. The van der Waals surface area contributed by atoms with Crippen LogP contribution in [0, 0.1) is 29.6 Å². The monoisotopic (exact) mass is 476 g/mol. The number of hydrogen-bond acceptors (Lipinski definition) is 9. The van der Waals surface area contributed by atoms with Gasteiger partial charge in [0.15, 0.2) is 11.9 Å². The summed E-state index contributed by atoms with van der Waals surface area (Å²) < 4.78 is 14.9. The second-order valence-corrected chi connectivity index (χ2v) is 11.2. The number of rotatable bonds is 8. The summed E-state index contributed by atoms with van der Waals surface area (Å²) in [5, 5.41) is 21.7. The molecule has 4 aliphatic carbocycles. The topological polar surface area (TPSA) is 119 Å². The van der Waals surface area contributed by atoms with Crippen LogP contribution in [0.2, 0.25) is 0 Å². The van der Waals surface area contributed by atoms with E-state index >= 15 is 0 Å². The number of carbonyl (C=O) groups excluding carboxylic acids is 3. The molecule has 0 saturated heterocycles. The van der Waals surface area contributed by atoms with Crippen LogP contribution in [0.15, 0.2) is 36.3 Å². The summed E-state index contributed by atoms with van der Waals surface area (Å²) in [6.45, 7) is 2.72. The zero-order valence-corrected chi connectivity index (χ0v) is 18.9. The van der Waals surface area contributed by atoms with E-state index in [1.807, 2.05) is 0 Å². The fourth-order valence-corrected chi connectivity index (χ4v) is 8.11. The molecule has 5 rings (SSSR count). The predicted octanol–water partition coefficient (Wildman–Crippen LogP) is 2.43. The minimum absolute atomic E-state index is 0.217. The lowest BCUT2D eigenvalue weighted by Gasteiger charge is -2.30. The molecule has 1 aliphatic heterocycles. The van der Waals surface area contributed by atoms with Gasteiger partial charge in [-0.25, -0.2) is 9.59 Å². The fourth-order valence-electron chi connectivity index (χ4n) is 6.09. The maximum Gasteiger partial charge on any atom is 0.378 e. The number of thioether (sulfide) groups is 1. The largest absolute Gasteiger partial charge is 0.505 e. The Bertz CT molecular complexity index is 925. The molecule has 8 nitrogen and oxygen atoms in total. The minimum Gasteiger partial charge on any atom is -0.505 e. The Kier molecular flexibility index (Phi) is 6.03. The first-order valence-electron chi connectivity index (χ1n) is 11.5. The molecular formula is C24H28O8S. The molecule has 0 radical (unpaired) electrons. The van der Waals surface area contributed by atoms with Crippen molar-refractivity contribution in [2.24, 2.45) is 29.6 Å².